The summed E-state index contributed by atoms with van der Waals surface area (Å²) >= 11 is 0. The predicted octanol–water partition coefficient (Wildman–Crippen LogP) is 5.14. The van der Waals surface area contributed by atoms with Crippen LogP contribution < -0.4 is 4.74 Å². The van der Waals surface area contributed by atoms with Gasteiger partial charge in [-0.25, -0.2) is 5.01 Å². The number of allylic oxidation sites excluding steroid dienone is 3. The summed E-state index contributed by atoms with van der Waals surface area (Å²) in [6, 6.07) is 7.07. The Kier molecular flexibility index (Phi) is 15.0. The van der Waals surface area contributed by atoms with Gasteiger partial charge in [-0.15, -0.1) is 13.2 Å². The molecule has 0 unspecified atom stereocenters. The van der Waals surface area contributed by atoms with Crippen LogP contribution in [0.25, 0.3) is 0 Å². The SMILES string of the molecule is C=C.CCOC/C(=C\C/C=C(\CC)C1=NN(C(=O)c2ccc(OCCCO)cc2)CCC1)OC. The fraction of sp³-hybridized carbons (Fsp3) is 0.481. The van der Waals surface area contributed by atoms with Crippen molar-refractivity contribution in [2.24, 2.45) is 5.10 Å². The van der Waals surface area contributed by atoms with Crippen molar-refractivity contribution in [3.8, 4) is 5.75 Å². The first-order valence-corrected chi connectivity index (χ1v) is 11.9. The van der Waals surface area contributed by atoms with Crippen LogP contribution in [0.1, 0.15) is 56.3 Å². The van der Waals surface area contributed by atoms with Gasteiger partial charge in [0.1, 0.15) is 18.1 Å². The van der Waals surface area contributed by atoms with Crippen LogP contribution in [0.4, 0.5) is 0 Å². The van der Waals surface area contributed by atoms with E-state index in [0.29, 0.717) is 44.1 Å². The molecule has 0 spiro atoms. The number of carbonyl (C=O) groups is 1. The van der Waals surface area contributed by atoms with Crippen LogP contribution in [-0.4, -0.2) is 61.8 Å². The van der Waals surface area contributed by atoms with Crippen LogP contribution in [0.2, 0.25) is 0 Å². The van der Waals surface area contributed by atoms with E-state index in [1.54, 1.807) is 36.4 Å². The molecule has 188 valence electrons. The maximum Gasteiger partial charge on any atom is 0.273 e. The Balaban J connectivity index is 0.00000281. The number of ether oxygens (including phenoxy) is 3. The Labute approximate surface area is 204 Å². The first kappa shape index (κ1) is 29.1. The second kappa shape index (κ2) is 17.6. The molecule has 7 nitrogen and oxygen atoms in total. The molecule has 7 heteroatoms. The summed E-state index contributed by atoms with van der Waals surface area (Å²) in [5, 5.41) is 15.1. The van der Waals surface area contributed by atoms with Crippen molar-refractivity contribution >= 4 is 11.6 Å². The Hall–Kier alpha value is -2.90. The summed E-state index contributed by atoms with van der Waals surface area (Å²) in [5.41, 5.74) is 2.70. The van der Waals surface area contributed by atoms with Gasteiger partial charge >= 0.3 is 0 Å². The number of aliphatic hydroxyl groups excluding tert-OH is 1. The lowest BCUT2D eigenvalue weighted by atomic mass is 10.0. The van der Waals surface area contributed by atoms with Crippen molar-refractivity contribution in [3.05, 3.63) is 66.5 Å². The van der Waals surface area contributed by atoms with E-state index < -0.39 is 0 Å². The van der Waals surface area contributed by atoms with Crippen LogP contribution in [0, 0.1) is 0 Å². The Morgan fingerprint density at radius 3 is 2.56 bits per heavy atom. The average molecular weight is 473 g/mol. The van der Waals surface area contributed by atoms with Crippen LogP contribution in [-0.2, 0) is 9.47 Å². The van der Waals surface area contributed by atoms with E-state index in [1.165, 1.54) is 0 Å². The number of nitrogens with zero attached hydrogens (tertiary/aromatic N) is 2. The van der Waals surface area contributed by atoms with Gasteiger partial charge in [-0.3, -0.25) is 4.79 Å². The molecule has 1 aliphatic heterocycles. The van der Waals surface area contributed by atoms with Gasteiger partial charge in [0.25, 0.3) is 5.91 Å². The molecule has 1 aromatic rings. The quantitative estimate of drug-likeness (QED) is 0.244. The van der Waals surface area contributed by atoms with E-state index in [9.17, 15) is 4.79 Å². The number of carbonyl (C=O) groups excluding carboxylic acids is 1. The zero-order chi connectivity index (χ0) is 25.2. The highest BCUT2D eigenvalue weighted by Gasteiger charge is 2.21. The first-order valence-electron chi connectivity index (χ1n) is 11.9. The van der Waals surface area contributed by atoms with E-state index >= 15 is 0 Å². The largest absolute Gasteiger partial charge is 0.499 e. The normalized spacial score (nSPS) is 14.1. The smallest absolute Gasteiger partial charge is 0.273 e. The fourth-order valence-electron chi connectivity index (χ4n) is 3.31. The molecule has 0 saturated carbocycles. The highest BCUT2D eigenvalue weighted by molar-refractivity contribution is 6.02. The molecule has 0 atom stereocenters. The standard InChI is InChI=1S/C25H36N2O5.C2H4/c1-4-20(9-6-10-23(30-3)19-31-5-2)24-11-7-16-27(26-24)25(29)21-12-14-22(15-13-21)32-18-8-17-28;1-2/h9-10,12-15,28H,4-8,11,16-19H2,1-3H3;1-2H2/b20-9+,23-10+;. The summed E-state index contributed by atoms with van der Waals surface area (Å²) in [5.74, 6) is 1.38. The molecule has 1 aliphatic rings. The van der Waals surface area contributed by atoms with Gasteiger partial charge < -0.3 is 19.3 Å². The van der Waals surface area contributed by atoms with Crippen molar-refractivity contribution in [2.75, 3.05) is 40.1 Å². The minimum Gasteiger partial charge on any atom is -0.499 e. The molecular weight excluding hydrogens is 432 g/mol. The van der Waals surface area contributed by atoms with E-state index in [-0.39, 0.29) is 12.5 Å². The van der Waals surface area contributed by atoms with E-state index in [1.807, 2.05) is 13.0 Å². The molecule has 1 heterocycles. The second-order valence-electron chi connectivity index (χ2n) is 7.36. The third-order valence-corrected chi connectivity index (χ3v) is 5.10. The molecule has 1 amide bonds. The van der Waals surface area contributed by atoms with Crippen LogP contribution >= 0.6 is 0 Å². The van der Waals surface area contributed by atoms with Crippen molar-refractivity contribution < 1.29 is 24.1 Å². The fourth-order valence-corrected chi connectivity index (χ4v) is 3.31. The van der Waals surface area contributed by atoms with Crippen molar-refractivity contribution in [1.82, 2.24) is 5.01 Å². The summed E-state index contributed by atoms with van der Waals surface area (Å²) in [6.07, 6.45) is 8.06. The lowest BCUT2D eigenvalue weighted by Crippen LogP contribution is -2.32. The Bertz CT molecular complexity index is 815. The molecule has 1 aromatic carbocycles. The zero-order valence-electron chi connectivity index (χ0n) is 20.9. The third kappa shape index (κ3) is 9.93. The number of hydrazone groups is 1. The van der Waals surface area contributed by atoms with Crippen LogP contribution in [0.15, 0.2) is 66.0 Å². The Morgan fingerprint density at radius 2 is 1.94 bits per heavy atom. The number of amides is 1. The van der Waals surface area contributed by atoms with Crippen molar-refractivity contribution in [2.45, 2.75) is 46.0 Å². The van der Waals surface area contributed by atoms with Crippen molar-refractivity contribution in [1.29, 1.82) is 0 Å². The van der Waals surface area contributed by atoms with Gasteiger partial charge in [-0.05, 0) is 68.5 Å². The lowest BCUT2D eigenvalue weighted by Gasteiger charge is -2.24. The molecular formula is C27H40N2O5. The monoisotopic (exact) mass is 472 g/mol. The highest BCUT2D eigenvalue weighted by atomic mass is 16.5. The Morgan fingerprint density at radius 1 is 1.21 bits per heavy atom. The summed E-state index contributed by atoms with van der Waals surface area (Å²) in [6.45, 7) is 12.3. The molecule has 0 aliphatic carbocycles. The second-order valence-corrected chi connectivity index (χ2v) is 7.36. The molecule has 2 rings (SSSR count). The van der Waals surface area contributed by atoms with E-state index in [2.05, 4.69) is 31.3 Å². The number of methoxy groups -OCH3 is 1. The molecule has 0 bridgehead atoms. The maximum absolute atomic E-state index is 13.0. The summed E-state index contributed by atoms with van der Waals surface area (Å²) < 4.78 is 16.3. The zero-order valence-corrected chi connectivity index (χ0v) is 20.9. The lowest BCUT2D eigenvalue weighted by molar-refractivity contribution is 0.0751. The number of rotatable bonds is 13. The maximum atomic E-state index is 13.0. The van der Waals surface area contributed by atoms with Gasteiger partial charge in [0.05, 0.1) is 19.4 Å². The van der Waals surface area contributed by atoms with E-state index in [4.69, 9.17) is 19.3 Å². The molecule has 34 heavy (non-hydrogen) atoms. The van der Waals surface area contributed by atoms with E-state index in [0.717, 1.165) is 42.7 Å². The topological polar surface area (TPSA) is 80.6 Å². The molecule has 1 N–H and O–H groups in total. The number of aliphatic hydroxyl groups is 1. The summed E-state index contributed by atoms with van der Waals surface area (Å²) in [4.78, 5) is 13.0. The number of benzene rings is 1. The predicted molar refractivity (Wildman–Crippen MR) is 137 cm³/mol. The number of hydrogen-bond acceptors (Lipinski definition) is 6. The highest BCUT2D eigenvalue weighted by Crippen LogP contribution is 2.20. The van der Waals surface area contributed by atoms with Crippen molar-refractivity contribution in [3.63, 3.8) is 0 Å². The van der Waals surface area contributed by atoms with Gasteiger partial charge in [0.15, 0.2) is 0 Å². The molecule has 0 fully saturated rings. The molecule has 0 aromatic heterocycles. The molecule has 0 radical (unpaired) electrons. The van der Waals surface area contributed by atoms with Gasteiger partial charge in [-0.1, -0.05) is 13.0 Å². The van der Waals surface area contributed by atoms with Gasteiger partial charge in [-0.2, -0.15) is 5.10 Å². The van der Waals surface area contributed by atoms with Gasteiger partial charge in [0, 0.05) is 31.7 Å². The first-order chi connectivity index (χ1) is 16.6. The van der Waals surface area contributed by atoms with Gasteiger partial charge in [0.2, 0.25) is 0 Å². The average Bonchev–Trinajstić information content (AvgIpc) is 2.90. The third-order valence-electron chi connectivity index (χ3n) is 5.10. The minimum atomic E-state index is -0.113. The number of hydrogen-bond donors (Lipinski definition) is 1. The minimum absolute atomic E-state index is 0.0944. The van der Waals surface area contributed by atoms with Crippen LogP contribution in [0.5, 0.6) is 5.75 Å². The van der Waals surface area contributed by atoms with Crippen LogP contribution in [0.3, 0.4) is 0 Å². The molecule has 0 saturated heterocycles. The summed E-state index contributed by atoms with van der Waals surface area (Å²) in [7, 11) is 1.65.